The van der Waals surface area contributed by atoms with Gasteiger partial charge in [-0.1, -0.05) is 6.07 Å². The van der Waals surface area contributed by atoms with E-state index in [4.69, 9.17) is 4.74 Å². The number of nitrogens with one attached hydrogen (secondary N) is 2. The lowest BCUT2D eigenvalue weighted by Gasteiger charge is -2.23. The summed E-state index contributed by atoms with van der Waals surface area (Å²) in [6, 6.07) is 3.99. The molecule has 0 saturated carbocycles. The first-order valence-corrected chi connectivity index (χ1v) is 6.84. The molecule has 0 bridgehead atoms. The standard InChI is InChI=1S/C15H22F3N3O/c1-14(2,3)22-11-7-6-10(9-21-13(19-4)20-5)12(8-11)15(16,17)18/h6-8H,9H2,1-5H3,(H2,19,20,21). The van der Waals surface area contributed by atoms with Gasteiger partial charge in [-0.15, -0.1) is 0 Å². The molecule has 1 aromatic carbocycles. The van der Waals surface area contributed by atoms with E-state index in [0.717, 1.165) is 6.07 Å². The number of alkyl halides is 3. The van der Waals surface area contributed by atoms with Crippen molar-refractivity contribution in [1.29, 1.82) is 0 Å². The number of guanidine groups is 1. The molecule has 0 saturated heterocycles. The molecule has 0 heterocycles. The van der Waals surface area contributed by atoms with E-state index in [1.54, 1.807) is 40.9 Å². The van der Waals surface area contributed by atoms with Crippen LogP contribution < -0.4 is 15.4 Å². The zero-order chi connectivity index (χ0) is 17.0. The molecule has 7 heteroatoms. The summed E-state index contributed by atoms with van der Waals surface area (Å²) in [7, 11) is 3.18. The lowest BCUT2D eigenvalue weighted by molar-refractivity contribution is -0.138. The maximum atomic E-state index is 13.2. The summed E-state index contributed by atoms with van der Waals surface area (Å²) in [5.41, 5.74) is -1.14. The Balaban J connectivity index is 3.07. The summed E-state index contributed by atoms with van der Waals surface area (Å²) in [5.74, 6) is 0.615. The summed E-state index contributed by atoms with van der Waals surface area (Å²) >= 11 is 0. The van der Waals surface area contributed by atoms with Crippen LogP contribution in [0, 0.1) is 0 Å². The molecule has 1 aromatic rings. The Morgan fingerprint density at radius 2 is 1.86 bits per heavy atom. The second kappa shape index (κ2) is 6.89. The van der Waals surface area contributed by atoms with Crippen molar-refractivity contribution in [2.45, 2.75) is 39.1 Å². The summed E-state index contributed by atoms with van der Waals surface area (Å²) < 4.78 is 45.2. The molecule has 0 aliphatic carbocycles. The predicted molar refractivity (Wildman–Crippen MR) is 81.1 cm³/mol. The molecule has 0 aliphatic rings. The van der Waals surface area contributed by atoms with Crippen molar-refractivity contribution in [2.75, 3.05) is 14.1 Å². The molecule has 0 amide bonds. The van der Waals surface area contributed by atoms with Crippen LogP contribution in [0.4, 0.5) is 13.2 Å². The van der Waals surface area contributed by atoms with Gasteiger partial charge in [0.05, 0.1) is 5.56 Å². The van der Waals surface area contributed by atoms with Gasteiger partial charge < -0.3 is 15.4 Å². The molecular formula is C15H22F3N3O. The first-order valence-electron chi connectivity index (χ1n) is 6.84. The molecule has 2 N–H and O–H groups in total. The zero-order valence-electron chi connectivity index (χ0n) is 13.4. The molecule has 0 aromatic heterocycles. The molecule has 0 aliphatic heterocycles. The Kier molecular flexibility index (Phi) is 5.68. The van der Waals surface area contributed by atoms with Crippen LogP contribution in [-0.2, 0) is 12.7 Å². The van der Waals surface area contributed by atoms with E-state index < -0.39 is 17.3 Å². The Morgan fingerprint density at radius 1 is 1.23 bits per heavy atom. The van der Waals surface area contributed by atoms with Crippen molar-refractivity contribution >= 4 is 5.96 Å². The number of ether oxygens (including phenoxy) is 1. The number of aliphatic imine (C=N–C) groups is 1. The highest BCUT2D eigenvalue weighted by Gasteiger charge is 2.34. The maximum absolute atomic E-state index is 13.2. The highest BCUT2D eigenvalue weighted by Crippen LogP contribution is 2.35. The number of rotatable bonds is 3. The quantitative estimate of drug-likeness (QED) is 0.665. The number of hydrogen-bond acceptors (Lipinski definition) is 2. The van der Waals surface area contributed by atoms with E-state index in [1.165, 1.54) is 6.07 Å². The predicted octanol–water partition coefficient (Wildman–Crippen LogP) is 3.18. The maximum Gasteiger partial charge on any atom is 0.416 e. The van der Waals surface area contributed by atoms with Gasteiger partial charge in [-0.25, -0.2) is 0 Å². The third-order valence-electron chi connectivity index (χ3n) is 2.72. The van der Waals surface area contributed by atoms with Crippen LogP contribution >= 0.6 is 0 Å². The minimum absolute atomic E-state index is 0.0121. The summed E-state index contributed by atoms with van der Waals surface area (Å²) in [5, 5.41) is 5.57. The van der Waals surface area contributed by atoms with Gasteiger partial charge in [0.2, 0.25) is 0 Å². The van der Waals surface area contributed by atoms with E-state index in [0.29, 0.717) is 5.96 Å². The Hall–Kier alpha value is -1.92. The van der Waals surface area contributed by atoms with Gasteiger partial charge in [0.1, 0.15) is 11.4 Å². The monoisotopic (exact) mass is 317 g/mol. The second-order valence-electron chi connectivity index (χ2n) is 5.71. The van der Waals surface area contributed by atoms with E-state index in [-0.39, 0.29) is 17.9 Å². The lowest BCUT2D eigenvalue weighted by Crippen LogP contribution is -2.34. The normalized spacial score (nSPS) is 13.0. The van der Waals surface area contributed by atoms with Crippen molar-refractivity contribution in [1.82, 2.24) is 10.6 Å². The molecule has 0 unspecified atom stereocenters. The number of halogens is 3. The smallest absolute Gasteiger partial charge is 0.416 e. The number of benzene rings is 1. The van der Waals surface area contributed by atoms with Gasteiger partial charge in [0.15, 0.2) is 5.96 Å². The first kappa shape index (κ1) is 18.1. The SMILES string of the molecule is CN=C(NC)NCc1ccc(OC(C)(C)C)cc1C(F)(F)F. The van der Waals surface area contributed by atoms with E-state index in [2.05, 4.69) is 15.6 Å². The number of hydrogen-bond donors (Lipinski definition) is 2. The molecule has 0 fully saturated rings. The molecule has 124 valence electrons. The molecule has 4 nitrogen and oxygen atoms in total. The van der Waals surface area contributed by atoms with Crippen LogP contribution in [0.3, 0.4) is 0 Å². The Labute approximate surface area is 128 Å². The van der Waals surface area contributed by atoms with Gasteiger partial charge in [0, 0.05) is 20.6 Å². The van der Waals surface area contributed by atoms with Gasteiger partial charge in [-0.2, -0.15) is 13.2 Å². The highest BCUT2D eigenvalue weighted by atomic mass is 19.4. The molecule has 1 rings (SSSR count). The number of nitrogens with zero attached hydrogens (tertiary/aromatic N) is 1. The van der Waals surface area contributed by atoms with Crippen LogP contribution in [0.15, 0.2) is 23.2 Å². The summed E-state index contributed by atoms with van der Waals surface area (Å²) in [6.07, 6.45) is -4.45. The zero-order valence-corrected chi connectivity index (χ0v) is 13.4. The first-order chi connectivity index (χ1) is 10.1. The summed E-state index contributed by atoms with van der Waals surface area (Å²) in [4.78, 5) is 3.87. The van der Waals surface area contributed by atoms with Gasteiger partial charge in [0.25, 0.3) is 0 Å². The molecule has 0 spiro atoms. The molecule has 0 radical (unpaired) electrons. The minimum Gasteiger partial charge on any atom is -0.488 e. The molecule has 0 atom stereocenters. The van der Waals surface area contributed by atoms with E-state index in [9.17, 15) is 13.2 Å². The molecular weight excluding hydrogens is 295 g/mol. The van der Waals surface area contributed by atoms with Crippen molar-refractivity contribution in [3.05, 3.63) is 29.3 Å². The largest absolute Gasteiger partial charge is 0.488 e. The van der Waals surface area contributed by atoms with E-state index >= 15 is 0 Å². The van der Waals surface area contributed by atoms with E-state index in [1.807, 2.05) is 0 Å². The van der Waals surface area contributed by atoms with Crippen LogP contribution in [0.2, 0.25) is 0 Å². The van der Waals surface area contributed by atoms with Gasteiger partial charge in [-0.3, -0.25) is 4.99 Å². The van der Waals surface area contributed by atoms with Gasteiger partial charge in [-0.05, 0) is 38.5 Å². The van der Waals surface area contributed by atoms with Crippen LogP contribution in [0.5, 0.6) is 5.75 Å². The van der Waals surface area contributed by atoms with Gasteiger partial charge >= 0.3 is 6.18 Å². The fraction of sp³-hybridized carbons (Fsp3) is 0.533. The van der Waals surface area contributed by atoms with Crippen LogP contribution in [-0.4, -0.2) is 25.7 Å². The Bertz CT molecular complexity index is 534. The Morgan fingerprint density at radius 3 is 2.32 bits per heavy atom. The highest BCUT2D eigenvalue weighted by molar-refractivity contribution is 5.79. The van der Waals surface area contributed by atoms with Crippen molar-refractivity contribution in [3.8, 4) is 5.75 Å². The van der Waals surface area contributed by atoms with Crippen molar-refractivity contribution < 1.29 is 17.9 Å². The minimum atomic E-state index is -4.45. The third-order valence-corrected chi connectivity index (χ3v) is 2.72. The molecule has 22 heavy (non-hydrogen) atoms. The van der Waals surface area contributed by atoms with Crippen LogP contribution in [0.1, 0.15) is 31.9 Å². The summed E-state index contributed by atoms with van der Waals surface area (Å²) in [6.45, 7) is 5.37. The fourth-order valence-corrected chi connectivity index (χ4v) is 1.85. The second-order valence-corrected chi connectivity index (χ2v) is 5.71. The lowest BCUT2D eigenvalue weighted by atomic mass is 10.1. The van der Waals surface area contributed by atoms with Crippen molar-refractivity contribution in [2.24, 2.45) is 4.99 Å². The third kappa shape index (κ3) is 5.46. The average molecular weight is 317 g/mol. The van der Waals surface area contributed by atoms with Crippen LogP contribution in [0.25, 0.3) is 0 Å². The average Bonchev–Trinajstić information content (AvgIpc) is 2.38. The fourth-order valence-electron chi connectivity index (χ4n) is 1.85. The van der Waals surface area contributed by atoms with Crippen molar-refractivity contribution in [3.63, 3.8) is 0 Å². The topological polar surface area (TPSA) is 45.7 Å².